The minimum Gasteiger partial charge on any atom is -0.394 e. The zero-order chi connectivity index (χ0) is 10.6. The maximum Gasteiger partial charge on any atom is 0.110 e. The normalized spacial score (nSPS) is 21.2. The Kier molecular flexibility index (Phi) is 5.43. The molecule has 0 aromatic heterocycles. The summed E-state index contributed by atoms with van der Waals surface area (Å²) in [6.07, 6.45) is -5.51. The third-order valence-corrected chi connectivity index (χ3v) is 1.96. The molecule has 0 saturated carbocycles. The minimum absolute atomic E-state index is 0.226. The van der Waals surface area contributed by atoms with E-state index in [9.17, 15) is 15.3 Å². The molecule has 4 unspecified atom stereocenters. The van der Waals surface area contributed by atoms with Crippen LogP contribution in [-0.4, -0.2) is 56.6 Å². The number of hydrogen-bond acceptors (Lipinski definition) is 5. The lowest BCUT2D eigenvalue weighted by molar-refractivity contribution is -0.124. The Bertz CT molecular complexity index is 138. The molecule has 13 heavy (non-hydrogen) atoms. The van der Waals surface area contributed by atoms with Crippen LogP contribution in [0.15, 0.2) is 0 Å². The van der Waals surface area contributed by atoms with Crippen molar-refractivity contribution < 1.29 is 25.5 Å². The second-order valence-corrected chi connectivity index (χ2v) is 3.47. The molecule has 0 amide bonds. The van der Waals surface area contributed by atoms with Gasteiger partial charge in [0.2, 0.25) is 0 Å². The predicted molar refractivity (Wildman–Crippen MR) is 46.0 cm³/mol. The fraction of sp³-hybridized carbons (Fsp3) is 1.00. The van der Waals surface area contributed by atoms with Crippen molar-refractivity contribution in [3.8, 4) is 0 Å². The summed E-state index contributed by atoms with van der Waals surface area (Å²) in [6, 6.07) is 0. The van der Waals surface area contributed by atoms with Crippen LogP contribution in [-0.2, 0) is 0 Å². The summed E-state index contributed by atoms with van der Waals surface area (Å²) in [5, 5.41) is 45.2. The highest BCUT2D eigenvalue weighted by Crippen LogP contribution is 2.11. The first-order valence-corrected chi connectivity index (χ1v) is 4.25. The van der Waals surface area contributed by atoms with E-state index < -0.39 is 31.0 Å². The molecule has 0 spiro atoms. The highest BCUT2D eigenvalue weighted by molar-refractivity contribution is 4.81. The SMILES string of the molecule is CC(C)C(O)C(O)C(O)C(O)CO. The topological polar surface area (TPSA) is 101 Å². The highest BCUT2D eigenvalue weighted by atomic mass is 16.4. The van der Waals surface area contributed by atoms with Crippen LogP contribution in [0.1, 0.15) is 13.8 Å². The van der Waals surface area contributed by atoms with Crippen LogP contribution < -0.4 is 0 Å². The summed E-state index contributed by atoms with van der Waals surface area (Å²) < 4.78 is 0. The molecule has 5 nitrogen and oxygen atoms in total. The summed E-state index contributed by atoms with van der Waals surface area (Å²) in [7, 11) is 0. The predicted octanol–water partition coefficient (Wildman–Crippen LogP) is -1.92. The number of rotatable bonds is 5. The van der Waals surface area contributed by atoms with E-state index in [-0.39, 0.29) is 5.92 Å². The second-order valence-electron chi connectivity index (χ2n) is 3.47. The van der Waals surface area contributed by atoms with Gasteiger partial charge in [-0.1, -0.05) is 13.8 Å². The van der Waals surface area contributed by atoms with Crippen molar-refractivity contribution >= 4 is 0 Å². The Balaban J connectivity index is 4.15. The summed E-state index contributed by atoms with van der Waals surface area (Å²) in [4.78, 5) is 0. The maximum absolute atomic E-state index is 9.31. The van der Waals surface area contributed by atoms with Gasteiger partial charge in [-0.2, -0.15) is 0 Å². The van der Waals surface area contributed by atoms with Crippen molar-refractivity contribution in [2.75, 3.05) is 6.61 Å². The summed E-state index contributed by atoms with van der Waals surface area (Å²) in [6.45, 7) is 2.70. The Hall–Kier alpha value is -0.200. The Morgan fingerprint density at radius 2 is 1.31 bits per heavy atom. The Morgan fingerprint density at radius 3 is 1.62 bits per heavy atom. The Labute approximate surface area is 77.3 Å². The fourth-order valence-corrected chi connectivity index (χ4v) is 0.932. The van der Waals surface area contributed by atoms with Gasteiger partial charge in [-0.15, -0.1) is 0 Å². The van der Waals surface area contributed by atoms with Gasteiger partial charge >= 0.3 is 0 Å². The highest BCUT2D eigenvalue weighted by Gasteiger charge is 2.31. The minimum atomic E-state index is -1.53. The van der Waals surface area contributed by atoms with Crippen LogP contribution >= 0.6 is 0 Å². The van der Waals surface area contributed by atoms with Crippen LogP contribution in [0.4, 0.5) is 0 Å². The molecule has 0 aliphatic heterocycles. The summed E-state index contributed by atoms with van der Waals surface area (Å²) in [5.41, 5.74) is 0. The van der Waals surface area contributed by atoms with E-state index in [4.69, 9.17) is 10.2 Å². The van der Waals surface area contributed by atoms with Gasteiger partial charge in [0.05, 0.1) is 12.7 Å². The average Bonchev–Trinajstić information content (AvgIpc) is 2.12. The first-order chi connectivity index (χ1) is 5.91. The standard InChI is InChI=1S/C8H18O5/c1-4(2)6(11)8(13)7(12)5(10)3-9/h4-13H,3H2,1-2H3. The molecule has 5 heteroatoms. The summed E-state index contributed by atoms with van der Waals surface area (Å²) in [5.74, 6) is -0.226. The van der Waals surface area contributed by atoms with Crippen molar-refractivity contribution in [2.45, 2.75) is 38.3 Å². The van der Waals surface area contributed by atoms with Crippen LogP contribution in [0.5, 0.6) is 0 Å². The second kappa shape index (κ2) is 5.51. The maximum atomic E-state index is 9.31. The zero-order valence-corrected chi connectivity index (χ0v) is 7.83. The van der Waals surface area contributed by atoms with E-state index in [2.05, 4.69) is 0 Å². The molecule has 0 aliphatic carbocycles. The lowest BCUT2D eigenvalue weighted by atomic mass is 9.95. The van der Waals surface area contributed by atoms with E-state index in [0.717, 1.165) is 0 Å². The van der Waals surface area contributed by atoms with Crippen molar-refractivity contribution in [3.05, 3.63) is 0 Å². The lowest BCUT2D eigenvalue weighted by Gasteiger charge is -2.27. The molecule has 0 radical (unpaired) electrons. The van der Waals surface area contributed by atoms with Gasteiger partial charge in [0, 0.05) is 0 Å². The van der Waals surface area contributed by atoms with Crippen LogP contribution in [0.3, 0.4) is 0 Å². The lowest BCUT2D eigenvalue weighted by Crippen LogP contribution is -2.47. The quantitative estimate of drug-likeness (QED) is 0.351. The molecule has 0 aliphatic rings. The molecule has 0 saturated heterocycles. The van der Waals surface area contributed by atoms with Gasteiger partial charge in [-0.3, -0.25) is 0 Å². The first-order valence-electron chi connectivity index (χ1n) is 4.25. The van der Waals surface area contributed by atoms with Crippen LogP contribution in [0.2, 0.25) is 0 Å². The van der Waals surface area contributed by atoms with Gasteiger partial charge in [0.1, 0.15) is 18.3 Å². The fourth-order valence-electron chi connectivity index (χ4n) is 0.932. The molecule has 0 bridgehead atoms. The molecule has 4 atom stereocenters. The number of aliphatic hydroxyl groups excluding tert-OH is 5. The van der Waals surface area contributed by atoms with Crippen LogP contribution in [0.25, 0.3) is 0 Å². The van der Waals surface area contributed by atoms with E-state index in [1.54, 1.807) is 13.8 Å². The van der Waals surface area contributed by atoms with E-state index in [1.807, 2.05) is 0 Å². The molecular formula is C8H18O5. The molecule has 0 fully saturated rings. The van der Waals surface area contributed by atoms with Gasteiger partial charge in [0.25, 0.3) is 0 Å². The van der Waals surface area contributed by atoms with E-state index >= 15 is 0 Å². The molecule has 0 heterocycles. The van der Waals surface area contributed by atoms with Crippen LogP contribution in [0, 0.1) is 5.92 Å². The molecule has 0 rings (SSSR count). The van der Waals surface area contributed by atoms with Crippen molar-refractivity contribution in [1.82, 2.24) is 0 Å². The average molecular weight is 194 g/mol. The summed E-state index contributed by atoms with van der Waals surface area (Å²) >= 11 is 0. The van der Waals surface area contributed by atoms with Gasteiger partial charge in [-0.25, -0.2) is 0 Å². The first kappa shape index (κ1) is 12.8. The van der Waals surface area contributed by atoms with Gasteiger partial charge in [0.15, 0.2) is 0 Å². The Morgan fingerprint density at radius 1 is 0.846 bits per heavy atom. The zero-order valence-electron chi connectivity index (χ0n) is 7.83. The number of hydrogen-bond donors (Lipinski definition) is 5. The van der Waals surface area contributed by atoms with E-state index in [1.165, 1.54) is 0 Å². The molecule has 80 valence electrons. The largest absolute Gasteiger partial charge is 0.394 e. The van der Waals surface area contributed by atoms with Gasteiger partial charge < -0.3 is 25.5 Å². The van der Waals surface area contributed by atoms with Crippen molar-refractivity contribution in [1.29, 1.82) is 0 Å². The smallest absolute Gasteiger partial charge is 0.110 e. The molecule has 5 N–H and O–H groups in total. The molecule has 0 aromatic rings. The molecular weight excluding hydrogens is 176 g/mol. The third kappa shape index (κ3) is 3.58. The third-order valence-electron chi connectivity index (χ3n) is 1.96. The van der Waals surface area contributed by atoms with Crippen molar-refractivity contribution in [3.63, 3.8) is 0 Å². The van der Waals surface area contributed by atoms with E-state index in [0.29, 0.717) is 0 Å². The van der Waals surface area contributed by atoms with Crippen molar-refractivity contribution in [2.24, 2.45) is 5.92 Å². The van der Waals surface area contributed by atoms with Gasteiger partial charge in [-0.05, 0) is 5.92 Å². The monoisotopic (exact) mass is 194 g/mol. The molecule has 0 aromatic carbocycles. The number of aliphatic hydroxyl groups is 5.